The van der Waals surface area contributed by atoms with Gasteiger partial charge in [0, 0.05) is 25.3 Å². The van der Waals surface area contributed by atoms with Crippen LogP contribution in [0.25, 0.3) is 0 Å². The largest absolute Gasteiger partial charge is 0.492 e. The minimum atomic E-state index is -0.347. The zero-order chi connectivity index (χ0) is 24.5. The number of nitrogens with two attached hydrogens (primary N) is 3. The first-order valence-corrected chi connectivity index (χ1v) is 12.0. The van der Waals surface area contributed by atoms with Crippen LogP contribution in [0.3, 0.4) is 0 Å². The van der Waals surface area contributed by atoms with Crippen LogP contribution >= 0.6 is 24.2 Å². The third-order valence-corrected chi connectivity index (χ3v) is 3.87. The number of hydrogen-bond acceptors (Lipinski definition) is 5. The molecule has 1 unspecified atom stereocenters. The highest BCUT2D eigenvalue weighted by Crippen LogP contribution is 2.15. The second-order valence-electron chi connectivity index (χ2n) is 6.41. The van der Waals surface area contributed by atoms with Crippen LogP contribution < -0.4 is 21.9 Å². The average molecular weight is 476 g/mol. The maximum Gasteiger partial charge on any atom is 0.217 e. The molecule has 0 aliphatic heterocycles. The molecule has 0 spiro atoms. The third kappa shape index (κ3) is 26.3. The van der Waals surface area contributed by atoms with Crippen molar-refractivity contribution in [1.82, 2.24) is 0 Å². The van der Waals surface area contributed by atoms with Gasteiger partial charge in [-0.3, -0.25) is 9.59 Å². The van der Waals surface area contributed by atoms with Gasteiger partial charge in [0.25, 0.3) is 0 Å². The molecule has 0 aromatic heterocycles. The Morgan fingerprint density at radius 2 is 1.48 bits per heavy atom. The van der Waals surface area contributed by atoms with Gasteiger partial charge in [0.15, 0.2) is 0 Å². The van der Waals surface area contributed by atoms with Crippen molar-refractivity contribution in [2.24, 2.45) is 17.2 Å². The van der Waals surface area contributed by atoms with Crippen molar-refractivity contribution in [2.75, 3.05) is 19.2 Å². The summed E-state index contributed by atoms with van der Waals surface area (Å²) in [6, 6.07) is 7.68. The van der Waals surface area contributed by atoms with Crippen molar-refractivity contribution in [3.63, 3.8) is 0 Å². The number of benzene rings is 1. The minimum absolute atomic E-state index is 0.201. The molecule has 8 heteroatoms. The summed E-state index contributed by atoms with van der Waals surface area (Å²) < 4.78 is 5.60. The normalized spacial score (nSPS) is 10.4. The summed E-state index contributed by atoms with van der Waals surface area (Å²) >= 11 is 8.17. The van der Waals surface area contributed by atoms with Crippen LogP contribution in [0.2, 0.25) is 0 Å². The van der Waals surface area contributed by atoms with Crippen LogP contribution in [0.1, 0.15) is 57.9 Å². The Hall–Kier alpha value is -1.70. The maximum absolute atomic E-state index is 10.7. The van der Waals surface area contributed by atoms with Crippen LogP contribution in [-0.2, 0) is 16.0 Å². The number of rotatable bonds is 12. The molecule has 180 valence electrons. The molecule has 0 bridgehead atoms. The number of allylic oxidation sites excluding steroid dienone is 2. The molecule has 31 heavy (non-hydrogen) atoms. The van der Waals surface area contributed by atoms with Crippen LogP contribution in [0.15, 0.2) is 36.4 Å². The first-order valence-electron chi connectivity index (χ1n) is 10.3. The predicted octanol–water partition coefficient (Wildman–Crippen LogP) is 4.23. The van der Waals surface area contributed by atoms with Gasteiger partial charge in [-0.25, -0.2) is 0 Å². The number of halogens is 1. The molecule has 1 aromatic carbocycles. The summed E-state index contributed by atoms with van der Waals surface area (Å²) in [6.45, 7) is 4.36. The maximum atomic E-state index is 10.7. The number of thiol groups is 1. The lowest BCUT2D eigenvalue weighted by atomic mass is 10.1. The van der Waals surface area contributed by atoms with E-state index in [0.717, 1.165) is 31.4 Å². The van der Waals surface area contributed by atoms with Crippen molar-refractivity contribution in [3.05, 3.63) is 42.0 Å². The highest BCUT2D eigenvalue weighted by Gasteiger charge is 2.06. The highest BCUT2D eigenvalue weighted by atomic mass is 35.5. The van der Waals surface area contributed by atoms with Crippen LogP contribution in [-0.4, -0.2) is 37.1 Å². The molecule has 0 saturated heterocycles. The number of ether oxygens (including phenoxy) is 1. The summed E-state index contributed by atoms with van der Waals surface area (Å²) in [7, 11) is 0. The van der Waals surface area contributed by atoms with Gasteiger partial charge in [0.2, 0.25) is 11.8 Å². The standard InChI is InChI=1S/C17H27N3O3.C4H8.CH3Cl.CH4S/c18-14(8-11-17(20)22)12-23-15-9-6-13(7-10-15)4-2-1-3-5-16(19)21;1-3-4-2;2*1-2/h6-7,9-10,14H,1-5,8,11-12,18H2,(H2,19,21)(H2,20,22);3-4H,1-2H3;1H3;2H,1H3/b;4-3-;;. The predicted molar refractivity (Wildman–Crippen MR) is 137 cm³/mol. The number of carbonyl (C=O) groups excluding carboxylic acids is 2. The molecule has 6 nitrogen and oxygen atoms in total. The van der Waals surface area contributed by atoms with E-state index in [1.54, 1.807) is 6.26 Å². The molecule has 6 N–H and O–H groups in total. The first-order chi connectivity index (χ1) is 14.9. The minimum Gasteiger partial charge on any atom is -0.492 e. The fourth-order valence-corrected chi connectivity index (χ4v) is 2.17. The number of alkyl halides is 1. The number of unbranched alkanes of at least 4 members (excludes halogenated alkanes) is 2. The second kappa shape index (κ2) is 26.3. The monoisotopic (exact) mass is 475 g/mol. The molecule has 1 aromatic rings. The molecule has 0 radical (unpaired) electrons. The summed E-state index contributed by atoms with van der Waals surface area (Å²) in [5.74, 6) is 0.179. The van der Waals surface area contributed by atoms with E-state index in [0.29, 0.717) is 19.4 Å². The molecule has 1 atom stereocenters. The van der Waals surface area contributed by atoms with Gasteiger partial charge in [-0.2, -0.15) is 12.6 Å². The van der Waals surface area contributed by atoms with Gasteiger partial charge in [0.05, 0.1) is 0 Å². The Morgan fingerprint density at radius 3 is 1.94 bits per heavy atom. The lowest BCUT2D eigenvalue weighted by Crippen LogP contribution is -2.29. The summed E-state index contributed by atoms with van der Waals surface area (Å²) in [6.07, 6.45) is 12.3. The van der Waals surface area contributed by atoms with Gasteiger partial charge >= 0.3 is 0 Å². The zero-order valence-corrected chi connectivity index (χ0v) is 21.1. The smallest absolute Gasteiger partial charge is 0.217 e. The quantitative estimate of drug-likeness (QED) is 0.156. The van der Waals surface area contributed by atoms with Crippen LogP contribution in [0.5, 0.6) is 5.75 Å². The van der Waals surface area contributed by atoms with Crippen molar-refractivity contribution in [1.29, 1.82) is 0 Å². The van der Waals surface area contributed by atoms with Crippen molar-refractivity contribution in [2.45, 2.75) is 64.8 Å². The van der Waals surface area contributed by atoms with Gasteiger partial charge in [-0.15, -0.1) is 11.6 Å². The van der Waals surface area contributed by atoms with Crippen molar-refractivity contribution >= 4 is 36.0 Å². The molecule has 1 rings (SSSR count). The van der Waals surface area contributed by atoms with E-state index in [1.165, 1.54) is 11.9 Å². The third-order valence-electron chi connectivity index (χ3n) is 3.87. The molecule has 0 fully saturated rings. The van der Waals surface area contributed by atoms with Crippen molar-refractivity contribution < 1.29 is 14.3 Å². The van der Waals surface area contributed by atoms with E-state index >= 15 is 0 Å². The Kier molecular flexibility index (Phi) is 28.8. The molecule has 0 saturated carbocycles. The van der Waals surface area contributed by atoms with E-state index < -0.39 is 0 Å². The molecule has 2 amide bonds. The molecule has 0 aliphatic carbocycles. The van der Waals surface area contributed by atoms with Gasteiger partial charge in [-0.05, 0) is 63.5 Å². The highest BCUT2D eigenvalue weighted by molar-refractivity contribution is 7.79. The first kappa shape index (κ1) is 33.9. The fraction of sp³-hybridized carbons (Fsp3) is 0.565. The number of primary amides is 2. The van der Waals surface area contributed by atoms with E-state index in [9.17, 15) is 9.59 Å². The number of hydrogen-bond donors (Lipinski definition) is 4. The summed E-state index contributed by atoms with van der Waals surface area (Å²) in [4.78, 5) is 21.3. The SMILES string of the molecule is C/C=C\C.CCl.CS.NC(=O)CCCCCc1ccc(OCC(N)CCC(N)=O)cc1. The number of carbonyl (C=O) groups is 2. The number of aryl methyl sites for hydroxylation is 1. The van der Waals surface area contributed by atoms with E-state index in [-0.39, 0.29) is 24.3 Å². The number of amides is 2. The topological polar surface area (TPSA) is 121 Å². The van der Waals surface area contributed by atoms with Crippen LogP contribution in [0, 0.1) is 0 Å². The average Bonchev–Trinajstić information content (AvgIpc) is 2.79. The lowest BCUT2D eigenvalue weighted by Gasteiger charge is -2.12. The Labute approximate surface area is 199 Å². The summed E-state index contributed by atoms with van der Waals surface area (Å²) in [5, 5.41) is 0. The Balaban J connectivity index is -0.000000855. The Morgan fingerprint density at radius 1 is 0.968 bits per heavy atom. The van der Waals surface area contributed by atoms with E-state index in [4.69, 9.17) is 21.9 Å². The second-order valence-corrected chi connectivity index (χ2v) is 6.41. The Bertz CT molecular complexity index is 566. The fourth-order valence-electron chi connectivity index (χ4n) is 2.17. The van der Waals surface area contributed by atoms with Gasteiger partial charge in [-0.1, -0.05) is 30.7 Å². The van der Waals surface area contributed by atoms with Gasteiger partial charge < -0.3 is 21.9 Å². The van der Waals surface area contributed by atoms with Crippen LogP contribution in [0.4, 0.5) is 0 Å². The summed E-state index contributed by atoms with van der Waals surface area (Å²) in [5.41, 5.74) is 17.3. The molecular weight excluding hydrogens is 434 g/mol. The molecule has 0 aliphatic rings. The van der Waals surface area contributed by atoms with E-state index in [1.807, 2.05) is 50.3 Å². The lowest BCUT2D eigenvalue weighted by molar-refractivity contribution is -0.119. The zero-order valence-electron chi connectivity index (χ0n) is 19.5. The van der Waals surface area contributed by atoms with Crippen molar-refractivity contribution in [3.8, 4) is 5.75 Å². The molecular formula is C23H42ClN3O3S. The van der Waals surface area contributed by atoms with E-state index in [2.05, 4.69) is 24.2 Å². The van der Waals surface area contributed by atoms with Gasteiger partial charge in [0.1, 0.15) is 12.4 Å². The molecule has 0 heterocycles.